The van der Waals surface area contributed by atoms with Gasteiger partial charge in [-0.25, -0.2) is 42.8 Å². The van der Waals surface area contributed by atoms with Crippen LogP contribution in [0.15, 0.2) is 34.9 Å². The second-order valence-corrected chi connectivity index (χ2v) is 23.4. The van der Waals surface area contributed by atoms with Gasteiger partial charge in [0, 0.05) is 19.4 Å². The van der Waals surface area contributed by atoms with Gasteiger partial charge in [0.05, 0.1) is 51.7 Å². The zero-order valence-corrected chi connectivity index (χ0v) is 43.5. The summed E-state index contributed by atoms with van der Waals surface area (Å²) in [6.45, 7) is -3.23. The van der Waals surface area contributed by atoms with E-state index in [4.69, 9.17) is 54.2 Å². The van der Waals surface area contributed by atoms with E-state index in [0.717, 1.165) is 30.7 Å². The number of aliphatic hydroxyl groups is 3. The molecule has 3 fully saturated rings. The van der Waals surface area contributed by atoms with Crippen molar-refractivity contribution in [3.63, 3.8) is 0 Å². The van der Waals surface area contributed by atoms with Gasteiger partial charge in [0.25, 0.3) is 17.1 Å². The number of rotatable bonds is 21. The molecule has 0 bridgehead atoms. The summed E-state index contributed by atoms with van der Waals surface area (Å²) < 4.78 is 110. The Morgan fingerprint density at radius 1 is 0.731 bits per heavy atom. The molecule has 39 nitrogen and oxygen atoms in total. The first-order valence-electron chi connectivity index (χ1n) is 22.4. The molecule has 15 N–H and O–H groups in total. The molecule has 3 saturated heterocycles. The average molecular weight is 1180 g/mol. The van der Waals surface area contributed by atoms with Gasteiger partial charge in [0.15, 0.2) is 41.4 Å². The van der Waals surface area contributed by atoms with Crippen molar-refractivity contribution in [2.24, 2.45) is 13.0 Å². The summed E-state index contributed by atoms with van der Waals surface area (Å²) in [5.74, 6) is -1.72. The first-order chi connectivity index (χ1) is 36.7. The number of nitrogens with zero attached hydrogens (tertiary/aromatic N) is 11. The van der Waals surface area contributed by atoms with Crippen molar-refractivity contribution in [1.29, 1.82) is 5.26 Å². The van der Waals surface area contributed by atoms with Crippen LogP contribution >= 0.6 is 31.3 Å². The molecule has 3 aliphatic heterocycles. The Morgan fingerprint density at radius 3 is 2.01 bits per heavy atom. The monoisotopic (exact) mass is 1180 g/mol. The largest absolute Gasteiger partial charge is 0.490 e. The van der Waals surface area contributed by atoms with Crippen LogP contribution in [0.2, 0.25) is 0 Å². The molecule has 3 aliphatic rings. The molecular weight excluding hydrogens is 1140 g/mol. The quantitative estimate of drug-likeness (QED) is 0.0250. The Kier molecular flexibility index (Phi) is 15.9. The van der Waals surface area contributed by atoms with Gasteiger partial charge in [-0.2, -0.15) is 18.9 Å². The second-order valence-electron chi connectivity index (χ2n) is 17.3. The van der Waals surface area contributed by atoms with Crippen LogP contribution in [0.1, 0.15) is 31.5 Å². The number of hydrogen-bond acceptors (Lipinski definition) is 29. The van der Waals surface area contributed by atoms with Crippen LogP contribution in [0.5, 0.6) is 0 Å². The molecule has 9 rings (SSSR count). The SMILES string of the molecule is CO[C@@H]1[C@H](OP(=O)(O)OC[C@H]2O[C@@H](n3cnc4c(=O)[nH]c(N)nc43)[C@H](O)[C@@H]2O)[C@@H](COP(=O)(O)OP(=O)(O)OP(=O)(O)OC[C@H]2OC([n+]3cn(C)c4c(=O)[nH]c(N)nc43)[C@H](O)[C@@H]2CCC#N)O[C@H]1n1cnc2c(N)ncnc21. The van der Waals surface area contributed by atoms with Gasteiger partial charge in [-0.1, -0.05) is 4.98 Å². The molecule has 6 aromatic rings. The number of aliphatic hydroxyl groups excluding tert-OH is 3. The first-order valence-corrected chi connectivity index (χ1v) is 28.4. The van der Waals surface area contributed by atoms with Crippen molar-refractivity contribution >= 4 is 82.5 Å². The third kappa shape index (κ3) is 11.5. The lowest BCUT2D eigenvalue weighted by Gasteiger charge is -2.26. The number of aromatic nitrogens is 12. The van der Waals surface area contributed by atoms with Crippen LogP contribution in [0.25, 0.3) is 33.5 Å². The number of nitrogens with one attached hydrogen (secondary N) is 2. The van der Waals surface area contributed by atoms with E-state index in [0.29, 0.717) is 0 Å². The van der Waals surface area contributed by atoms with Gasteiger partial charge >= 0.3 is 36.9 Å². The zero-order valence-electron chi connectivity index (χ0n) is 39.9. The highest BCUT2D eigenvalue weighted by atomic mass is 31.3. The number of nitrogens with two attached hydrogens (primary N) is 3. The summed E-state index contributed by atoms with van der Waals surface area (Å²) in [5, 5.41) is 42.4. The average Bonchev–Trinajstić information content (AvgIpc) is 4.28. The number of fused-ring (bicyclic) bond motifs is 3. The number of aryl methyl sites for hydroxylation is 1. The number of hydrogen-bond donors (Lipinski definition) is 12. The lowest BCUT2D eigenvalue weighted by Crippen LogP contribution is -2.45. The normalized spacial score (nSPS) is 29.6. The van der Waals surface area contributed by atoms with E-state index >= 15 is 0 Å². The Bertz CT molecular complexity index is 3610. The van der Waals surface area contributed by atoms with Crippen molar-refractivity contribution < 1.29 is 103 Å². The molecule has 0 spiro atoms. The lowest BCUT2D eigenvalue weighted by atomic mass is 9.93. The second kappa shape index (κ2) is 21.8. The molecule has 16 atom stereocenters. The molecule has 424 valence electrons. The number of imidazole rings is 3. The number of nitrogen functional groups attached to an aromatic ring is 3. The minimum Gasteiger partial charge on any atom is -0.387 e. The van der Waals surface area contributed by atoms with Crippen molar-refractivity contribution in [3.8, 4) is 6.07 Å². The van der Waals surface area contributed by atoms with Gasteiger partial charge in [-0.15, -0.1) is 0 Å². The minimum absolute atomic E-state index is 0.00900. The highest BCUT2D eigenvalue weighted by Crippen LogP contribution is 2.68. The predicted octanol–water partition coefficient (Wildman–Crippen LogP) is -3.15. The Hall–Kier alpha value is -5.62. The fraction of sp³-hybridized carbons (Fsp3) is 0.543. The van der Waals surface area contributed by atoms with E-state index in [-0.39, 0.29) is 64.0 Å². The van der Waals surface area contributed by atoms with E-state index in [1.165, 1.54) is 27.1 Å². The number of ether oxygens (including phenoxy) is 4. The highest BCUT2D eigenvalue weighted by Gasteiger charge is 2.54. The molecule has 9 heterocycles. The van der Waals surface area contributed by atoms with E-state index in [2.05, 4.69) is 48.5 Å². The summed E-state index contributed by atoms with van der Waals surface area (Å²) in [5.41, 5.74) is 15.6. The smallest absolute Gasteiger partial charge is 0.387 e. The number of methoxy groups -OCH3 is 1. The van der Waals surface area contributed by atoms with Crippen LogP contribution in [-0.4, -0.2) is 164 Å². The number of H-pyrrole nitrogens is 2. The van der Waals surface area contributed by atoms with Gasteiger partial charge in [-0.3, -0.25) is 51.4 Å². The van der Waals surface area contributed by atoms with Gasteiger partial charge in [0.1, 0.15) is 54.6 Å². The maximum atomic E-state index is 13.7. The molecule has 78 heavy (non-hydrogen) atoms. The van der Waals surface area contributed by atoms with Crippen LogP contribution in [0.4, 0.5) is 17.7 Å². The van der Waals surface area contributed by atoms with Gasteiger partial charge in [-0.05, 0) is 6.42 Å². The summed E-state index contributed by atoms with van der Waals surface area (Å²) in [4.78, 5) is 96.4. The zero-order chi connectivity index (χ0) is 56.4. The molecule has 43 heteroatoms. The van der Waals surface area contributed by atoms with E-state index in [9.17, 15) is 68.0 Å². The third-order valence-corrected chi connectivity index (χ3v) is 17.6. The van der Waals surface area contributed by atoms with Crippen molar-refractivity contribution in [2.45, 2.75) is 80.4 Å². The molecule has 0 aromatic carbocycles. The minimum atomic E-state index is -6.20. The van der Waals surface area contributed by atoms with Crippen LogP contribution in [0.3, 0.4) is 0 Å². The van der Waals surface area contributed by atoms with Crippen molar-refractivity contribution in [3.05, 3.63) is 46.0 Å². The summed E-state index contributed by atoms with van der Waals surface area (Å²) in [6.07, 6.45) is -13.3. The molecule has 5 unspecified atom stereocenters. The fourth-order valence-electron chi connectivity index (χ4n) is 8.96. The Labute approximate surface area is 433 Å². The standard InChI is InChI=1S/C35H46N16O23P4/c1-48-12-51(28-19(48)30(56)47-35(39)45-28)31-20(52)13(4-3-5-36)14(69-31)6-67-76(59,60)73-78(63,64)74-77(61,62)68-8-16-23(24(65-2)33(71-16)49-10-42-17-25(37)40-9-41-26(17)49)72-75(57,58)66-7-15-21(53)22(54)32(70-15)50-11-43-18-27(50)44-34(38)46-29(18)55/h9-16,20-24,31-33,52-54H,3-4,6-8H2,1-2H3,(H11-,37,38,39,40,41,44,45,46,47,55,56,57,58,59,60,61,62,63,64)/p+1/t13-,14-,15-,16-,20-,21-,22-,23-,24-,31?,32-,33-/m1/s1. The lowest BCUT2D eigenvalue weighted by molar-refractivity contribution is -0.745. The number of anilines is 3. The third-order valence-electron chi connectivity index (χ3n) is 12.3. The van der Waals surface area contributed by atoms with Crippen LogP contribution in [0, 0.1) is 17.2 Å². The molecule has 6 aromatic heterocycles. The maximum Gasteiger partial charge on any atom is 0.490 e. The van der Waals surface area contributed by atoms with Crippen LogP contribution < -0.4 is 32.9 Å². The van der Waals surface area contributed by atoms with E-state index < -0.39 is 136 Å². The predicted molar refractivity (Wildman–Crippen MR) is 251 cm³/mol. The molecule has 0 aliphatic carbocycles. The van der Waals surface area contributed by atoms with Crippen LogP contribution in [-0.2, 0) is 71.0 Å². The molecule has 0 saturated carbocycles. The van der Waals surface area contributed by atoms with E-state index in [1.807, 2.05) is 6.07 Å². The summed E-state index contributed by atoms with van der Waals surface area (Å²) in [7, 11) is -20.9. The molecule has 0 amide bonds. The Morgan fingerprint density at radius 2 is 1.33 bits per heavy atom. The van der Waals surface area contributed by atoms with Crippen molar-refractivity contribution in [2.75, 3.05) is 44.1 Å². The number of phosphoric acid groups is 4. The number of aromatic amines is 2. The summed E-state index contributed by atoms with van der Waals surface area (Å²) >= 11 is 0. The van der Waals surface area contributed by atoms with Crippen molar-refractivity contribution in [1.82, 2.24) is 53.6 Å². The molecule has 0 radical (unpaired) electrons. The number of phosphoric ester groups is 3. The van der Waals surface area contributed by atoms with Gasteiger partial charge < -0.3 is 71.0 Å². The maximum absolute atomic E-state index is 13.7. The fourth-order valence-corrected chi connectivity index (χ4v) is 13.4. The summed E-state index contributed by atoms with van der Waals surface area (Å²) in [6, 6.07) is 1.89. The van der Waals surface area contributed by atoms with E-state index in [1.54, 1.807) is 0 Å². The van der Waals surface area contributed by atoms with Gasteiger partial charge in [0.2, 0.25) is 17.7 Å². The first kappa shape index (κ1) is 57.1. The Balaban J connectivity index is 0.872. The highest BCUT2D eigenvalue weighted by molar-refractivity contribution is 7.66. The number of nitriles is 1. The molecular formula is C35H47N16O23P4+. The topological polar surface area (TPSA) is 566 Å².